The van der Waals surface area contributed by atoms with Gasteiger partial charge in [-0.3, -0.25) is 4.79 Å². The molecule has 0 unspecified atom stereocenters. The van der Waals surface area contributed by atoms with E-state index in [9.17, 15) is 18.0 Å². The van der Waals surface area contributed by atoms with Crippen molar-refractivity contribution >= 4 is 23.2 Å². The summed E-state index contributed by atoms with van der Waals surface area (Å²) < 4.78 is 42.0. The van der Waals surface area contributed by atoms with Crippen molar-refractivity contribution in [1.29, 1.82) is 5.26 Å². The first kappa shape index (κ1) is 26.4. The number of hydrogen-bond acceptors (Lipinski definition) is 4. The summed E-state index contributed by atoms with van der Waals surface area (Å²) in [6.07, 6.45) is -2.10. The number of rotatable bonds is 10. The second-order valence-electron chi connectivity index (χ2n) is 8.86. The lowest BCUT2D eigenvalue weighted by molar-refractivity contribution is -0.274. The third-order valence-corrected chi connectivity index (χ3v) is 6.39. The number of anilines is 1. The quantitative estimate of drug-likeness (QED) is 0.290. The van der Waals surface area contributed by atoms with Crippen molar-refractivity contribution in [2.24, 2.45) is 0 Å². The molecular formula is C28H25ClF3N3O2. The lowest BCUT2D eigenvalue weighted by Gasteiger charge is -2.25. The minimum Gasteiger partial charge on any atom is -0.406 e. The number of alkyl halides is 3. The number of nitrogens with one attached hydrogen (secondary N) is 1. The van der Waals surface area contributed by atoms with Crippen LogP contribution < -0.4 is 10.1 Å². The van der Waals surface area contributed by atoms with E-state index in [4.69, 9.17) is 16.9 Å². The predicted molar refractivity (Wildman–Crippen MR) is 136 cm³/mol. The molecule has 1 aliphatic rings. The summed E-state index contributed by atoms with van der Waals surface area (Å²) in [5, 5.41) is 12.2. The molecule has 1 saturated carbocycles. The Morgan fingerprint density at radius 3 is 2.49 bits per heavy atom. The van der Waals surface area contributed by atoms with Crippen molar-refractivity contribution in [3.63, 3.8) is 0 Å². The van der Waals surface area contributed by atoms with E-state index >= 15 is 0 Å². The van der Waals surface area contributed by atoms with E-state index < -0.39 is 6.36 Å². The van der Waals surface area contributed by atoms with Gasteiger partial charge in [0, 0.05) is 13.1 Å². The average molecular weight is 528 g/mol. The molecule has 0 atom stereocenters. The highest BCUT2D eigenvalue weighted by atomic mass is 35.5. The van der Waals surface area contributed by atoms with Crippen LogP contribution in [0.4, 0.5) is 18.9 Å². The van der Waals surface area contributed by atoms with Crippen LogP contribution in [-0.2, 0) is 13.0 Å². The van der Waals surface area contributed by atoms with Gasteiger partial charge in [-0.05, 0) is 66.1 Å². The summed E-state index contributed by atoms with van der Waals surface area (Å²) >= 11 is 6.32. The van der Waals surface area contributed by atoms with Gasteiger partial charge in [0.1, 0.15) is 12.3 Å². The monoisotopic (exact) mass is 527 g/mol. The molecule has 1 amide bonds. The molecule has 1 N–H and O–H groups in total. The number of hydrogen-bond donors (Lipinski definition) is 1. The first-order valence-corrected chi connectivity index (χ1v) is 12.2. The summed E-state index contributed by atoms with van der Waals surface area (Å²) in [6, 6.07) is 20.8. The molecule has 9 heteroatoms. The molecule has 5 nitrogen and oxygen atoms in total. The predicted octanol–water partition coefficient (Wildman–Crippen LogP) is 6.94. The number of halogens is 4. The Morgan fingerprint density at radius 2 is 1.81 bits per heavy atom. The topological polar surface area (TPSA) is 65.4 Å². The minimum absolute atomic E-state index is 0.0291. The lowest BCUT2D eigenvalue weighted by atomic mass is 10.1. The highest BCUT2D eigenvalue weighted by Gasteiger charge is 2.31. The van der Waals surface area contributed by atoms with Crippen molar-refractivity contribution in [1.82, 2.24) is 4.90 Å². The molecule has 1 fully saturated rings. The average Bonchev–Trinajstić information content (AvgIpc) is 3.70. The fraction of sp³-hybridized carbons (Fsp3) is 0.286. The van der Waals surface area contributed by atoms with Gasteiger partial charge in [-0.15, -0.1) is 13.2 Å². The van der Waals surface area contributed by atoms with E-state index in [0.717, 1.165) is 5.56 Å². The van der Waals surface area contributed by atoms with Crippen LogP contribution >= 0.6 is 11.6 Å². The van der Waals surface area contributed by atoms with Crippen LogP contribution in [0.5, 0.6) is 5.75 Å². The van der Waals surface area contributed by atoms with Crippen molar-refractivity contribution in [3.05, 3.63) is 94.0 Å². The van der Waals surface area contributed by atoms with Gasteiger partial charge in [0.25, 0.3) is 5.91 Å². The molecule has 192 valence electrons. The van der Waals surface area contributed by atoms with E-state index in [0.29, 0.717) is 40.7 Å². The summed E-state index contributed by atoms with van der Waals surface area (Å²) in [4.78, 5) is 15.3. The molecule has 0 spiro atoms. The van der Waals surface area contributed by atoms with Gasteiger partial charge in [0.05, 0.1) is 22.3 Å². The Balaban J connectivity index is 1.57. The number of ether oxygens (including phenoxy) is 1. The Kier molecular flexibility index (Phi) is 8.24. The number of para-hydroxylation sites is 1. The number of amides is 1. The minimum atomic E-state index is -4.79. The van der Waals surface area contributed by atoms with E-state index in [-0.39, 0.29) is 24.7 Å². The van der Waals surface area contributed by atoms with Crippen LogP contribution in [-0.4, -0.2) is 30.3 Å². The zero-order valence-electron chi connectivity index (χ0n) is 19.9. The Morgan fingerprint density at radius 1 is 1.08 bits per heavy atom. The second kappa shape index (κ2) is 11.6. The maximum absolute atomic E-state index is 13.7. The van der Waals surface area contributed by atoms with Crippen molar-refractivity contribution in [2.45, 2.75) is 38.1 Å². The van der Waals surface area contributed by atoms with E-state index in [1.54, 1.807) is 29.2 Å². The van der Waals surface area contributed by atoms with Gasteiger partial charge in [-0.25, -0.2) is 0 Å². The molecular weight excluding hydrogens is 503 g/mol. The van der Waals surface area contributed by atoms with E-state index in [2.05, 4.69) is 22.2 Å². The van der Waals surface area contributed by atoms with Crippen LogP contribution in [0.25, 0.3) is 0 Å². The smallest absolute Gasteiger partial charge is 0.406 e. The summed E-state index contributed by atoms with van der Waals surface area (Å²) in [5.41, 5.74) is 3.48. The maximum Gasteiger partial charge on any atom is 0.573 e. The van der Waals surface area contributed by atoms with Crippen LogP contribution in [0.1, 0.15) is 45.8 Å². The van der Waals surface area contributed by atoms with Crippen LogP contribution in [0.2, 0.25) is 5.02 Å². The summed E-state index contributed by atoms with van der Waals surface area (Å²) in [6.45, 7) is 0.508. The fourth-order valence-corrected chi connectivity index (χ4v) is 4.37. The van der Waals surface area contributed by atoms with Crippen molar-refractivity contribution in [2.75, 3.05) is 18.4 Å². The van der Waals surface area contributed by atoms with Crippen LogP contribution in [0, 0.1) is 11.3 Å². The van der Waals surface area contributed by atoms with Gasteiger partial charge in [0.2, 0.25) is 0 Å². The summed E-state index contributed by atoms with van der Waals surface area (Å²) in [7, 11) is 0. The van der Waals surface area contributed by atoms with Crippen molar-refractivity contribution < 1.29 is 22.7 Å². The third kappa shape index (κ3) is 7.40. The van der Waals surface area contributed by atoms with Gasteiger partial charge < -0.3 is 15.0 Å². The molecule has 0 heterocycles. The second-order valence-corrected chi connectivity index (χ2v) is 9.27. The zero-order chi connectivity index (χ0) is 26.4. The highest BCUT2D eigenvalue weighted by molar-refractivity contribution is 6.34. The largest absolute Gasteiger partial charge is 0.573 e. The molecule has 37 heavy (non-hydrogen) atoms. The zero-order valence-corrected chi connectivity index (χ0v) is 20.6. The fourth-order valence-electron chi connectivity index (χ4n) is 4.13. The molecule has 0 saturated heterocycles. The van der Waals surface area contributed by atoms with Gasteiger partial charge in [0.15, 0.2) is 0 Å². The summed E-state index contributed by atoms with van der Waals surface area (Å²) in [5.74, 6) is -0.00789. The first-order chi connectivity index (χ1) is 17.7. The normalized spacial score (nSPS) is 13.1. The van der Waals surface area contributed by atoms with Crippen LogP contribution in [0.3, 0.4) is 0 Å². The molecule has 4 rings (SSSR count). The molecule has 3 aromatic carbocycles. The molecule has 0 bridgehead atoms. The first-order valence-electron chi connectivity index (χ1n) is 11.9. The molecule has 0 radical (unpaired) electrons. The molecule has 3 aromatic rings. The molecule has 0 aromatic heterocycles. The Labute approximate surface area is 218 Å². The molecule has 1 aliphatic carbocycles. The third-order valence-electron chi connectivity index (χ3n) is 6.08. The number of carbonyl (C=O) groups is 1. The number of nitriles is 1. The van der Waals surface area contributed by atoms with Gasteiger partial charge in [-0.2, -0.15) is 5.26 Å². The van der Waals surface area contributed by atoms with Gasteiger partial charge in [-0.1, -0.05) is 54.1 Å². The number of nitrogens with zero attached hydrogens (tertiary/aromatic N) is 2. The Bertz CT molecular complexity index is 1290. The van der Waals surface area contributed by atoms with Gasteiger partial charge >= 0.3 is 6.36 Å². The lowest BCUT2D eigenvalue weighted by Crippen LogP contribution is -2.33. The number of benzene rings is 3. The SMILES string of the molecule is N#CCNc1c(Cl)cccc1C(=O)N(CCc1cccc(OC(F)(F)F)c1)Cc1ccc(C2CC2)cc1. The number of carbonyl (C=O) groups excluding carboxylic acids is 1. The molecule has 0 aliphatic heterocycles. The standard InChI is InChI=1S/C28H25ClF3N3O2/c29-25-6-2-5-24(26(25)34-15-14-33)27(36)35(18-20-7-9-21(10-8-20)22-11-12-22)16-13-19-3-1-4-23(17-19)37-28(30,31)32/h1-10,17,22,34H,11-13,15-16,18H2. The maximum atomic E-state index is 13.7. The van der Waals surface area contributed by atoms with E-state index in [1.165, 1.54) is 36.6 Å². The van der Waals surface area contributed by atoms with Crippen LogP contribution in [0.15, 0.2) is 66.7 Å². The van der Waals surface area contributed by atoms with E-state index in [1.807, 2.05) is 18.2 Å². The highest BCUT2D eigenvalue weighted by Crippen LogP contribution is 2.40. The van der Waals surface area contributed by atoms with Crippen molar-refractivity contribution in [3.8, 4) is 11.8 Å². The Hall–Kier alpha value is -3.70.